The maximum Gasteiger partial charge on any atom is 0.163 e. The van der Waals surface area contributed by atoms with Gasteiger partial charge in [0.1, 0.15) is 11.6 Å². The minimum atomic E-state index is 0.860. The molecule has 1 aromatic carbocycles. The lowest BCUT2D eigenvalue weighted by molar-refractivity contribution is 0.569. The van der Waals surface area contributed by atoms with Crippen molar-refractivity contribution in [2.75, 3.05) is 36.5 Å². The second-order valence-corrected chi connectivity index (χ2v) is 6.61. The third-order valence-electron chi connectivity index (χ3n) is 4.93. The van der Waals surface area contributed by atoms with Crippen LogP contribution >= 0.6 is 0 Å². The lowest BCUT2D eigenvalue weighted by Crippen LogP contribution is -2.34. The molecule has 1 aromatic heterocycles. The zero-order valence-corrected chi connectivity index (χ0v) is 13.8. The van der Waals surface area contributed by atoms with Crippen LogP contribution in [-0.4, -0.2) is 36.6 Å². The molecule has 0 unspecified atom stereocenters. The number of piperidine rings is 1. The van der Waals surface area contributed by atoms with E-state index in [1.165, 1.54) is 37.1 Å². The van der Waals surface area contributed by atoms with E-state index in [9.17, 15) is 0 Å². The first kappa shape index (κ1) is 14.5. The molecule has 0 aliphatic carbocycles. The van der Waals surface area contributed by atoms with Crippen LogP contribution in [0.3, 0.4) is 0 Å². The summed E-state index contributed by atoms with van der Waals surface area (Å²) in [6.45, 7) is 3.33. The van der Waals surface area contributed by atoms with Crippen LogP contribution in [0.2, 0.25) is 0 Å². The summed E-state index contributed by atoms with van der Waals surface area (Å²) in [6, 6.07) is 10.4. The zero-order valence-electron chi connectivity index (χ0n) is 13.8. The highest BCUT2D eigenvalue weighted by Crippen LogP contribution is 2.34. The molecular formula is C19H24N4. The summed E-state index contributed by atoms with van der Waals surface area (Å²) in [5.41, 5.74) is 2.45. The van der Waals surface area contributed by atoms with E-state index in [-0.39, 0.29) is 0 Å². The maximum absolute atomic E-state index is 5.00. The molecule has 0 amide bonds. The molecule has 0 spiro atoms. The van der Waals surface area contributed by atoms with Crippen LogP contribution in [0.15, 0.2) is 30.3 Å². The number of nitrogens with zero attached hydrogens (tertiary/aromatic N) is 4. The molecule has 4 rings (SSSR count). The lowest BCUT2D eigenvalue weighted by Gasteiger charge is -2.34. The van der Waals surface area contributed by atoms with Crippen LogP contribution < -0.4 is 9.80 Å². The molecule has 4 heteroatoms. The maximum atomic E-state index is 5.00. The highest BCUT2D eigenvalue weighted by Gasteiger charge is 2.25. The Hall–Kier alpha value is -2.10. The van der Waals surface area contributed by atoms with Crippen molar-refractivity contribution in [3.8, 4) is 11.4 Å². The Labute approximate surface area is 138 Å². The Kier molecular flexibility index (Phi) is 3.90. The van der Waals surface area contributed by atoms with E-state index in [1.807, 2.05) is 6.07 Å². The highest BCUT2D eigenvalue weighted by atomic mass is 15.2. The van der Waals surface area contributed by atoms with E-state index >= 15 is 0 Å². The van der Waals surface area contributed by atoms with Gasteiger partial charge in [0.25, 0.3) is 0 Å². The van der Waals surface area contributed by atoms with Crippen molar-refractivity contribution < 1.29 is 0 Å². The van der Waals surface area contributed by atoms with Gasteiger partial charge in [-0.3, -0.25) is 0 Å². The average molecular weight is 308 g/mol. The van der Waals surface area contributed by atoms with Crippen molar-refractivity contribution in [2.45, 2.75) is 32.1 Å². The average Bonchev–Trinajstić information content (AvgIpc) is 2.63. The fourth-order valence-electron chi connectivity index (χ4n) is 3.68. The van der Waals surface area contributed by atoms with E-state index in [4.69, 9.17) is 9.97 Å². The van der Waals surface area contributed by atoms with E-state index in [2.05, 4.69) is 41.1 Å². The van der Waals surface area contributed by atoms with Crippen LogP contribution in [0.25, 0.3) is 11.4 Å². The number of aromatic nitrogens is 2. The second-order valence-electron chi connectivity index (χ2n) is 6.61. The van der Waals surface area contributed by atoms with Crippen LogP contribution in [0, 0.1) is 0 Å². The SMILES string of the molecule is CN1CCCc2c1nc(-c1ccccc1)nc2N1CCCCC1. The van der Waals surface area contributed by atoms with Crippen LogP contribution in [-0.2, 0) is 6.42 Å². The second kappa shape index (κ2) is 6.19. The molecule has 120 valence electrons. The molecule has 1 fully saturated rings. The van der Waals surface area contributed by atoms with Gasteiger partial charge in [0.15, 0.2) is 5.82 Å². The third-order valence-corrected chi connectivity index (χ3v) is 4.93. The van der Waals surface area contributed by atoms with Crippen LogP contribution in [0.5, 0.6) is 0 Å². The van der Waals surface area contributed by atoms with Crippen LogP contribution in [0.4, 0.5) is 11.6 Å². The minimum Gasteiger partial charge on any atom is -0.359 e. The number of fused-ring (bicyclic) bond motifs is 1. The highest BCUT2D eigenvalue weighted by molar-refractivity contribution is 5.68. The summed E-state index contributed by atoms with van der Waals surface area (Å²) in [7, 11) is 2.15. The predicted octanol–water partition coefficient (Wildman–Crippen LogP) is 3.52. The summed E-state index contributed by atoms with van der Waals surface area (Å²) in [5, 5.41) is 0. The number of hydrogen-bond donors (Lipinski definition) is 0. The molecule has 1 saturated heterocycles. The first-order chi connectivity index (χ1) is 11.3. The van der Waals surface area contributed by atoms with Gasteiger partial charge in [0, 0.05) is 37.8 Å². The number of benzene rings is 1. The smallest absolute Gasteiger partial charge is 0.163 e. The van der Waals surface area contributed by atoms with Gasteiger partial charge in [-0.05, 0) is 32.1 Å². The van der Waals surface area contributed by atoms with Gasteiger partial charge in [-0.2, -0.15) is 0 Å². The first-order valence-corrected chi connectivity index (χ1v) is 8.75. The molecule has 0 radical (unpaired) electrons. The molecule has 0 bridgehead atoms. The van der Waals surface area contributed by atoms with Gasteiger partial charge >= 0.3 is 0 Å². The number of rotatable bonds is 2. The largest absolute Gasteiger partial charge is 0.359 e. The summed E-state index contributed by atoms with van der Waals surface area (Å²) >= 11 is 0. The van der Waals surface area contributed by atoms with Crippen molar-refractivity contribution in [3.05, 3.63) is 35.9 Å². The predicted molar refractivity (Wildman–Crippen MR) is 95.1 cm³/mol. The molecule has 4 nitrogen and oxygen atoms in total. The molecule has 23 heavy (non-hydrogen) atoms. The zero-order chi connectivity index (χ0) is 15.6. The van der Waals surface area contributed by atoms with Crippen molar-refractivity contribution in [1.29, 1.82) is 0 Å². The molecule has 2 aliphatic rings. The summed E-state index contributed by atoms with van der Waals surface area (Å²) in [4.78, 5) is 14.7. The third kappa shape index (κ3) is 2.78. The summed E-state index contributed by atoms with van der Waals surface area (Å²) in [5.74, 6) is 3.17. The van der Waals surface area contributed by atoms with Crippen molar-refractivity contribution >= 4 is 11.6 Å². The van der Waals surface area contributed by atoms with E-state index < -0.39 is 0 Å². The summed E-state index contributed by atoms with van der Waals surface area (Å²) < 4.78 is 0. The van der Waals surface area contributed by atoms with Crippen molar-refractivity contribution in [3.63, 3.8) is 0 Å². The molecule has 3 heterocycles. The quantitative estimate of drug-likeness (QED) is 0.850. The van der Waals surface area contributed by atoms with Gasteiger partial charge in [-0.1, -0.05) is 30.3 Å². The number of hydrogen-bond acceptors (Lipinski definition) is 4. The Bertz CT molecular complexity index is 677. The van der Waals surface area contributed by atoms with Crippen molar-refractivity contribution in [2.24, 2.45) is 0 Å². The van der Waals surface area contributed by atoms with Gasteiger partial charge in [0.05, 0.1) is 0 Å². The monoisotopic (exact) mass is 308 g/mol. The molecule has 0 saturated carbocycles. The molecule has 0 N–H and O–H groups in total. The van der Waals surface area contributed by atoms with E-state index in [0.29, 0.717) is 0 Å². The van der Waals surface area contributed by atoms with Gasteiger partial charge in [-0.25, -0.2) is 9.97 Å². The van der Waals surface area contributed by atoms with Gasteiger partial charge in [0.2, 0.25) is 0 Å². The van der Waals surface area contributed by atoms with Gasteiger partial charge < -0.3 is 9.80 Å². The van der Waals surface area contributed by atoms with E-state index in [0.717, 1.165) is 43.3 Å². The Morgan fingerprint density at radius 1 is 0.826 bits per heavy atom. The normalized spacial score (nSPS) is 18.0. The standard InChI is InChI=1S/C19H24N4/c1-22-12-8-11-16-18(22)20-17(15-9-4-2-5-10-15)21-19(16)23-13-6-3-7-14-23/h2,4-5,9-10H,3,6-8,11-14H2,1H3. The van der Waals surface area contributed by atoms with Gasteiger partial charge in [-0.15, -0.1) is 0 Å². The number of anilines is 2. The Balaban J connectivity index is 1.84. The fraction of sp³-hybridized carbons (Fsp3) is 0.474. The fourth-order valence-corrected chi connectivity index (χ4v) is 3.68. The Morgan fingerprint density at radius 2 is 1.57 bits per heavy atom. The summed E-state index contributed by atoms with van der Waals surface area (Å²) in [6.07, 6.45) is 6.18. The first-order valence-electron chi connectivity index (χ1n) is 8.75. The van der Waals surface area contributed by atoms with Crippen molar-refractivity contribution in [1.82, 2.24) is 9.97 Å². The topological polar surface area (TPSA) is 32.3 Å². The molecular weight excluding hydrogens is 284 g/mol. The minimum absolute atomic E-state index is 0.860. The lowest BCUT2D eigenvalue weighted by atomic mass is 10.0. The van der Waals surface area contributed by atoms with E-state index in [1.54, 1.807) is 0 Å². The molecule has 2 aliphatic heterocycles. The Morgan fingerprint density at radius 3 is 2.35 bits per heavy atom. The molecule has 0 atom stereocenters. The molecule has 2 aromatic rings. The van der Waals surface area contributed by atoms with Crippen LogP contribution in [0.1, 0.15) is 31.2 Å².